The van der Waals surface area contributed by atoms with Crippen molar-refractivity contribution in [2.75, 3.05) is 20.1 Å². The largest absolute Gasteiger partial charge is 0.480 e. The summed E-state index contributed by atoms with van der Waals surface area (Å²) in [6.07, 6.45) is 4.55. The summed E-state index contributed by atoms with van der Waals surface area (Å²) < 4.78 is 1.94. The predicted molar refractivity (Wildman–Crippen MR) is 69.3 cm³/mol. The summed E-state index contributed by atoms with van der Waals surface area (Å²) in [5, 5.41) is 12.1. The lowest BCUT2D eigenvalue weighted by Crippen LogP contribution is -2.45. The molecule has 0 aliphatic carbocycles. The second-order valence-electron chi connectivity index (χ2n) is 4.50. The molecule has 0 bridgehead atoms. The molecule has 1 heterocycles. The molecule has 0 aliphatic rings. The van der Waals surface area contributed by atoms with E-state index in [1.807, 2.05) is 36.7 Å². The van der Waals surface area contributed by atoms with E-state index in [0.717, 1.165) is 12.2 Å². The van der Waals surface area contributed by atoms with Crippen LogP contribution in [0.4, 0.5) is 0 Å². The highest BCUT2D eigenvalue weighted by molar-refractivity contribution is 5.73. The Morgan fingerprint density at radius 3 is 2.89 bits per heavy atom. The van der Waals surface area contributed by atoms with Gasteiger partial charge in [-0.2, -0.15) is 0 Å². The number of rotatable bonds is 8. The maximum atomic E-state index is 11.1. The van der Waals surface area contributed by atoms with Crippen LogP contribution in [0.15, 0.2) is 12.4 Å². The number of aliphatic carboxylic acids is 1. The van der Waals surface area contributed by atoms with Gasteiger partial charge in [-0.15, -0.1) is 0 Å². The van der Waals surface area contributed by atoms with E-state index in [1.54, 1.807) is 6.20 Å². The highest BCUT2D eigenvalue weighted by atomic mass is 16.4. The lowest BCUT2D eigenvalue weighted by molar-refractivity contribution is -0.140. The molecule has 0 amide bonds. The van der Waals surface area contributed by atoms with Crippen LogP contribution in [0.5, 0.6) is 0 Å². The maximum absolute atomic E-state index is 11.1. The number of carboxylic acid groups (broad SMARTS) is 1. The van der Waals surface area contributed by atoms with E-state index in [2.05, 4.69) is 10.3 Å². The van der Waals surface area contributed by atoms with E-state index in [-0.39, 0.29) is 0 Å². The van der Waals surface area contributed by atoms with Gasteiger partial charge in [-0.05, 0) is 20.0 Å². The molecule has 0 aromatic carbocycles. The number of aromatic nitrogens is 2. The van der Waals surface area contributed by atoms with Crippen LogP contribution in [0.1, 0.15) is 19.2 Å². The fourth-order valence-corrected chi connectivity index (χ4v) is 1.72. The molecule has 6 nitrogen and oxygen atoms in total. The number of hydrogen-bond donors (Lipinski definition) is 2. The maximum Gasteiger partial charge on any atom is 0.322 e. The van der Waals surface area contributed by atoms with Crippen molar-refractivity contribution in [1.82, 2.24) is 19.8 Å². The van der Waals surface area contributed by atoms with Crippen molar-refractivity contribution in [3.63, 3.8) is 0 Å². The molecular weight excluding hydrogens is 232 g/mol. The Balaban J connectivity index is 2.48. The van der Waals surface area contributed by atoms with Crippen LogP contribution in [-0.2, 0) is 18.4 Å². The van der Waals surface area contributed by atoms with Crippen LogP contribution in [0.25, 0.3) is 0 Å². The lowest BCUT2D eigenvalue weighted by Gasteiger charge is -2.21. The molecule has 6 heteroatoms. The first-order chi connectivity index (χ1) is 8.54. The molecular formula is C12H22N4O2. The molecule has 1 aromatic heterocycles. The summed E-state index contributed by atoms with van der Waals surface area (Å²) >= 11 is 0. The molecule has 18 heavy (non-hydrogen) atoms. The zero-order valence-corrected chi connectivity index (χ0v) is 11.3. The third-order valence-electron chi connectivity index (χ3n) is 2.77. The van der Waals surface area contributed by atoms with E-state index < -0.39 is 12.0 Å². The van der Waals surface area contributed by atoms with Gasteiger partial charge < -0.3 is 15.0 Å². The standard InChI is InChI=1S/C12H22N4O2/c1-4-5-13-10(12(17)18)8-15(2)9-11-14-6-7-16(11)3/h6-7,10,13H,4-5,8-9H2,1-3H3,(H,17,18). The monoisotopic (exact) mass is 254 g/mol. The fourth-order valence-electron chi connectivity index (χ4n) is 1.72. The Bertz CT molecular complexity index is 378. The zero-order chi connectivity index (χ0) is 13.5. The second-order valence-corrected chi connectivity index (χ2v) is 4.50. The van der Waals surface area contributed by atoms with E-state index in [1.165, 1.54) is 0 Å². The summed E-state index contributed by atoms with van der Waals surface area (Å²) in [6.45, 7) is 3.83. The summed E-state index contributed by atoms with van der Waals surface area (Å²) in [4.78, 5) is 17.3. The third kappa shape index (κ3) is 4.46. The molecule has 0 saturated carbocycles. The molecule has 0 spiro atoms. The summed E-state index contributed by atoms with van der Waals surface area (Å²) in [7, 11) is 3.83. The minimum atomic E-state index is -0.810. The second kappa shape index (κ2) is 7.13. The number of hydrogen-bond acceptors (Lipinski definition) is 4. The molecule has 1 atom stereocenters. The van der Waals surface area contributed by atoms with Crippen LogP contribution in [0.2, 0.25) is 0 Å². The van der Waals surface area contributed by atoms with Crippen molar-refractivity contribution in [1.29, 1.82) is 0 Å². The highest BCUT2D eigenvalue weighted by Gasteiger charge is 2.18. The van der Waals surface area contributed by atoms with Crippen molar-refractivity contribution in [2.45, 2.75) is 25.9 Å². The van der Waals surface area contributed by atoms with Crippen molar-refractivity contribution < 1.29 is 9.90 Å². The Labute approximate surface area is 108 Å². The number of carbonyl (C=O) groups is 1. The molecule has 0 fully saturated rings. The first kappa shape index (κ1) is 14.7. The summed E-state index contributed by atoms with van der Waals surface area (Å²) in [5.41, 5.74) is 0. The number of imidazole rings is 1. The summed E-state index contributed by atoms with van der Waals surface area (Å²) in [5.74, 6) is 0.118. The summed E-state index contributed by atoms with van der Waals surface area (Å²) in [6, 6.07) is -0.532. The minimum Gasteiger partial charge on any atom is -0.480 e. The topological polar surface area (TPSA) is 70.4 Å². The van der Waals surface area contributed by atoms with Crippen molar-refractivity contribution in [3.05, 3.63) is 18.2 Å². The van der Waals surface area contributed by atoms with Gasteiger partial charge >= 0.3 is 5.97 Å². The Morgan fingerprint density at radius 2 is 2.39 bits per heavy atom. The molecule has 102 valence electrons. The smallest absolute Gasteiger partial charge is 0.322 e. The van der Waals surface area contributed by atoms with Gasteiger partial charge in [-0.1, -0.05) is 6.92 Å². The number of aryl methyl sites for hydroxylation is 1. The lowest BCUT2D eigenvalue weighted by atomic mass is 10.2. The molecule has 1 aromatic rings. The number of likely N-dealkylation sites (N-methyl/N-ethyl adjacent to an activating group) is 1. The van der Waals surface area contributed by atoms with Gasteiger partial charge in [-0.25, -0.2) is 4.98 Å². The van der Waals surface area contributed by atoms with Crippen molar-refractivity contribution in [2.24, 2.45) is 7.05 Å². The van der Waals surface area contributed by atoms with Gasteiger partial charge in [0.05, 0.1) is 6.54 Å². The SMILES string of the molecule is CCCNC(CN(C)Cc1nccn1C)C(=O)O. The average Bonchev–Trinajstić information content (AvgIpc) is 2.70. The first-order valence-corrected chi connectivity index (χ1v) is 6.15. The molecule has 2 N–H and O–H groups in total. The van der Waals surface area contributed by atoms with Gasteiger partial charge in [0.15, 0.2) is 0 Å². The number of nitrogens with one attached hydrogen (secondary N) is 1. The molecule has 0 saturated heterocycles. The molecule has 1 rings (SSSR count). The third-order valence-corrected chi connectivity index (χ3v) is 2.77. The van der Waals surface area contributed by atoms with Crippen LogP contribution in [0.3, 0.4) is 0 Å². The first-order valence-electron chi connectivity index (χ1n) is 6.15. The van der Waals surface area contributed by atoms with E-state index in [0.29, 0.717) is 19.6 Å². The number of carboxylic acids is 1. The highest BCUT2D eigenvalue weighted by Crippen LogP contribution is 2.00. The van der Waals surface area contributed by atoms with Crippen LogP contribution >= 0.6 is 0 Å². The van der Waals surface area contributed by atoms with Crippen LogP contribution in [0, 0.1) is 0 Å². The molecule has 0 aliphatic heterocycles. The molecule has 1 unspecified atom stereocenters. The van der Waals surface area contributed by atoms with Gasteiger partial charge in [0.1, 0.15) is 11.9 Å². The van der Waals surface area contributed by atoms with E-state index >= 15 is 0 Å². The molecule has 0 radical (unpaired) electrons. The van der Waals surface area contributed by atoms with Crippen molar-refractivity contribution >= 4 is 5.97 Å². The van der Waals surface area contributed by atoms with Gasteiger partial charge in [0.25, 0.3) is 0 Å². The van der Waals surface area contributed by atoms with E-state index in [4.69, 9.17) is 5.11 Å². The van der Waals surface area contributed by atoms with Gasteiger partial charge in [-0.3, -0.25) is 9.69 Å². The Kier molecular flexibility index (Phi) is 5.80. The predicted octanol–water partition coefficient (Wildman–Crippen LogP) is 0.305. The average molecular weight is 254 g/mol. The Hall–Kier alpha value is -1.40. The minimum absolute atomic E-state index is 0.461. The van der Waals surface area contributed by atoms with E-state index in [9.17, 15) is 4.79 Å². The normalized spacial score (nSPS) is 12.9. The van der Waals surface area contributed by atoms with Crippen molar-refractivity contribution in [3.8, 4) is 0 Å². The zero-order valence-electron chi connectivity index (χ0n) is 11.3. The quantitative estimate of drug-likeness (QED) is 0.698. The van der Waals surface area contributed by atoms with Crippen LogP contribution in [-0.4, -0.2) is 51.7 Å². The van der Waals surface area contributed by atoms with Gasteiger partial charge in [0, 0.05) is 26.0 Å². The fraction of sp³-hybridized carbons (Fsp3) is 0.667. The van der Waals surface area contributed by atoms with Crippen LogP contribution < -0.4 is 5.32 Å². The number of nitrogens with zero attached hydrogens (tertiary/aromatic N) is 3. The Morgan fingerprint density at radius 1 is 1.67 bits per heavy atom. The van der Waals surface area contributed by atoms with Gasteiger partial charge in [0.2, 0.25) is 0 Å².